The van der Waals surface area contributed by atoms with Crippen molar-refractivity contribution in [2.45, 2.75) is 6.54 Å². The molecule has 0 radical (unpaired) electrons. The molecule has 6 heteroatoms. The van der Waals surface area contributed by atoms with Crippen LogP contribution in [0.4, 0.5) is 5.69 Å². The summed E-state index contributed by atoms with van der Waals surface area (Å²) in [5, 5.41) is 13.5. The topological polar surface area (TPSA) is 72.2 Å². The summed E-state index contributed by atoms with van der Waals surface area (Å²) in [6.07, 6.45) is 0. The van der Waals surface area contributed by atoms with Gasteiger partial charge in [0, 0.05) is 6.54 Å². The smallest absolute Gasteiger partial charge is 0.300 e. The van der Waals surface area contributed by atoms with Gasteiger partial charge in [-0.05, 0) is 17.7 Å². The SMILES string of the molecule is O=C(NCc1ccccc1)c1cccc(Cl)c1[N+](=O)[O-]. The molecule has 0 aliphatic carbocycles. The van der Waals surface area contributed by atoms with E-state index in [-0.39, 0.29) is 16.3 Å². The summed E-state index contributed by atoms with van der Waals surface area (Å²) < 4.78 is 0. The van der Waals surface area contributed by atoms with Crippen molar-refractivity contribution in [2.75, 3.05) is 0 Å². The van der Waals surface area contributed by atoms with Crippen LogP contribution >= 0.6 is 11.6 Å². The van der Waals surface area contributed by atoms with Crippen LogP contribution in [-0.4, -0.2) is 10.8 Å². The van der Waals surface area contributed by atoms with Crippen LogP contribution in [0.25, 0.3) is 0 Å². The quantitative estimate of drug-likeness (QED) is 0.694. The average molecular weight is 291 g/mol. The fraction of sp³-hybridized carbons (Fsp3) is 0.0714. The summed E-state index contributed by atoms with van der Waals surface area (Å²) in [4.78, 5) is 22.3. The number of hydrogen-bond acceptors (Lipinski definition) is 3. The zero-order valence-electron chi connectivity index (χ0n) is 10.4. The maximum Gasteiger partial charge on any atom is 0.300 e. The normalized spacial score (nSPS) is 10.1. The van der Waals surface area contributed by atoms with Crippen molar-refractivity contribution in [3.8, 4) is 0 Å². The summed E-state index contributed by atoms with van der Waals surface area (Å²) in [7, 11) is 0. The molecule has 2 rings (SSSR count). The van der Waals surface area contributed by atoms with E-state index in [2.05, 4.69) is 5.32 Å². The van der Waals surface area contributed by atoms with Gasteiger partial charge in [-0.15, -0.1) is 0 Å². The average Bonchev–Trinajstić information content (AvgIpc) is 2.45. The van der Waals surface area contributed by atoms with E-state index in [0.717, 1.165) is 5.56 Å². The Balaban J connectivity index is 2.18. The van der Waals surface area contributed by atoms with E-state index < -0.39 is 10.8 Å². The predicted octanol–water partition coefficient (Wildman–Crippen LogP) is 3.18. The molecule has 0 saturated heterocycles. The molecule has 2 aromatic carbocycles. The van der Waals surface area contributed by atoms with E-state index in [0.29, 0.717) is 6.54 Å². The molecule has 20 heavy (non-hydrogen) atoms. The highest BCUT2D eigenvalue weighted by Gasteiger charge is 2.23. The van der Waals surface area contributed by atoms with Gasteiger partial charge in [-0.2, -0.15) is 0 Å². The minimum absolute atomic E-state index is 0.0431. The molecule has 2 aromatic rings. The lowest BCUT2D eigenvalue weighted by molar-refractivity contribution is -0.385. The monoisotopic (exact) mass is 290 g/mol. The molecular weight excluding hydrogens is 280 g/mol. The number of nitrogens with zero attached hydrogens (tertiary/aromatic N) is 1. The lowest BCUT2D eigenvalue weighted by Crippen LogP contribution is -2.23. The van der Waals surface area contributed by atoms with Gasteiger partial charge in [0.25, 0.3) is 5.91 Å². The van der Waals surface area contributed by atoms with Gasteiger partial charge in [0.05, 0.1) is 4.92 Å². The first kappa shape index (κ1) is 14.0. The maximum atomic E-state index is 12.0. The molecule has 0 aliphatic heterocycles. The molecule has 1 amide bonds. The molecule has 0 saturated carbocycles. The van der Waals surface area contributed by atoms with Gasteiger partial charge in [0.1, 0.15) is 10.6 Å². The summed E-state index contributed by atoms with van der Waals surface area (Å²) in [5.74, 6) is -0.525. The molecule has 0 spiro atoms. The summed E-state index contributed by atoms with van der Waals surface area (Å²) in [6.45, 7) is 0.295. The van der Waals surface area contributed by atoms with Crippen molar-refractivity contribution in [2.24, 2.45) is 0 Å². The van der Waals surface area contributed by atoms with Crippen molar-refractivity contribution in [3.05, 3.63) is 74.8 Å². The Bertz CT molecular complexity index is 644. The number of halogens is 1. The first-order valence-corrected chi connectivity index (χ1v) is 6.22. The van der Waals surface area contributed by atoms with Crippen molar-refractivity contribution in [1.29, 1.82) is 0 Å². The number of nitro groups is 1. The first-order valence-electron chi connectivity index (χ1n) is 5.84. The highest BCUT2D eigenvalue weighted by atomic mass is 35.5. The molecule has 0 fully saturated rings. The number of hydrogen-bond donors (Lipinski definition) is 1. The van der Waals surface area contributed by atoms with Crippen LogP contribution in [0.1, 0.15) is 15.9 Å². The minimum atomic E-state index is -0.653. The van der Waals surface area contributed by atoms with Crippen LogP contribution in [0.3, 0.4) is 0 Å². The van der Waals surface area contributed by atoms with Crippen LogP contribution in [0, 0.1) is 10.1 Å². The number of rotatable bonds is 4. The number of carbonyl (C=O) groups is 1. The van der Waals surface area contributed by atoms with Crippen LogP contribution in [0.15, 0.2) is 48.5 Å². The van der Waals surface area contributed by atoms with Crippen molar-refractivity contribution in [1.82, 2.24) is 5.32 Å². The molecule has 0 heterocycles. The fourth-order valence-electron chi connectivity index (χ4n) is 1.76. The van der Waals surface area contributed by atoms with Crippen LogP contribution in [-0.2, 0) is 6.54 Å². The number of nitro benzene ring substituents is 1. The highest BCUT2D eigenvalue weighted by molar-refractivity contribution is 6.33. The Labute approximate surface area is 120 Å². The molecule has 0 aromatic heterocycles. The third-order valence-electron chi connectivity index (χ3n) is 2.71. The largest absolute Gasteiger partial charge is 0.348 e. The Hall–Kier alpha value is -2.40. The first-order chi connectivity index (χ1) is 9.59. The van der Waals surface area contributed by atoms with Crippen LogP contribution < -0.4 is 5.32 Å². The number of amides is 1. The van der Waals surface area contributed by atoms with Crippen LogP contribution in [0.5, 0.6) is 0 Å². The third-order valence-corrected chi connectivity index (χ3v) is 3.01. The lowest BCUT2D eigenvalue weighted by Gasteiger charge is -2.06. The summed E-state index contributed by atoms with van der Waals surface area (Å²) >= 11 is 5.76. The van der Waals surface area contributed by atoms with Crippen molar-refractivity contribution in [3.63, 3.8) is 0 Å². The molecular formula is C14H11ClN2O3. The Morgan fingerprint density at radius 1 is 1.15 bits per heavy atom. The van der Waals surface area contributed by atoms with Gasteiger partial charge in [-0.3, -0.25) is 14.9 Å². The van der Waals surface area contributed by atoms with Gasteiger partial charge in [0.15, 0.2) is 0 Å². The molecule has 5 nitrogen and oxygen atoms in total. The second kappa shape index (κ2) is 6.16. The van der Waals surface area contributed by atoms with E-state index in [4.69, 9.17) is 11.6 Å². The lowest BCUT2D eigenvalue weighted by atomic mass is 10.1. The Morgan fingerprint density at radius 2 is 1.85 bits per heavy atom. The Kier molecular flexibility index (Phi) is 4.32. The van der Waals surface area contributed by atoms with E-state index in [1.165, 1.54) is 18.2 Å². The predicted molar refractivity (Wildman–Crippen MR) is 75.7 cm³/mol. The zero-order valence-corrected chi connectivity index (χ0v) is 11.1. The molecule has 0 aliphatic rings. The number of carbonyl (C=O) groups excluding carboxylic acids is 1. The minimum Gasteiger partial charge on any atom is -0.348 e. The maximum absolute atomic E-state index is 12.0. The molecule has 0 atom stereocenters. The summed E-state index contributed by atoms with van der Waals surface area (Å²) in [6, 6.07) is 13.5. The zero-order chi connectivity index (χ0) is 14.5. The third kappa shape index (κ3) is 3.13. The number of para-hydroxylation sites is 1. The number of benzene rings is 2. The van der Waals surface area contributed by atoms with Gasteiger partial charge >= 0.3 is 5.69 Å². The van der Waals surface area contributed by atoms with Gasteiger partial charge in [-0.1, -0.05) is 48.0 Å². The van der Waals surface area contributed by atoms with Crippen LogP contribution in [0.2, 0.25) is 5.02 Å². The van der Waals surface area contributed by atoms with Gasteiger partial charge < -0.3 is 5.32 Å². The molecule has 0 unspecified atom stereocenters. The summed E-state index contributed by atoms with van der Waals surface area (Å²) in [5.41, 5.74) is 0.490. The molecule has 0 bridgehead atoms. The van der Waals surface area contributed by atoms with Crippen molar-refractivity contribution < 1.29 is 9.72 Å². The second-order valence-corrected chi connectivity index (χ2v) is 4.47. The molecule has 1 N–H and O–H groups in total. The van der Waals surface area contributed by atoms with E-state index in [1.54, 1.807) is 0 Å². The highest BCUT2D eigenvalue weighted by Crippen LogP contribution is 2.28. The molecule has 102 valence electrons. The Morgan fingerprint density at radius 3 is 2.50 bits per heavy atom. The van der Waals surface area contributed by atoms with E-state index in [1.807, 2.05) is 30.3 Å². The van der Waals surface area contributed by atoms with E-state index >= 15 is 0 Å². The number of nitrogens with one attached hydrogen (secondary N) is 1. The van der Waals surface area contributed by atoms with Crippen molar-refractivity contribution >= 4 is 23.2 Å². The standard InChI is InChI=1S/C14H11ClN2O3/c15-12-8-4-7-11(13(12)17(19)20)14(18)16-9-10-5-2-1-3-6-10/h1-8H,9H2,(H,16,18). The van der Waals surface area contributed by atoms with Gasteiger partial charge in [-0.25, -0.2) is 0 Å². The second-order valence-electron chi connectivity index (χ2n) is 4.06. The van der Waals surface area contributed by atoms with Gasteiger partial charge in [0.2, 0.25) is 0 Å². The van der Waals surface area contributed by atoms with E-state index in [9.17, 15) is 14.9 Å². The fourth-order valence-corrected chi connectivity index (χ4v) is 2.00.